The number of carbonyl (C=O) groups excluding carboxylic acids is 1. The summed E-state index contributed by atoms with van der Waals surface area (Å²) in [4.78, 5) is 11.1. The standard InChI is InChI=1S/C19H21NO8/c21-9-14-16(23)17(24)18(25)19(28-14)27-13-5-4-11-7-10(1-3-12(11)8-13)2-6-15(22)20-26/h1-8,14,16-19,21,23-26H,9H2,(H,20,22)/b6-2+/t14-,16-,17+,18+,19+/m1/s1. The van der Waals surface area contributed by atoms with Gasteiger partial charge in [-0.1, -0.05) is 18.2 Å². The van der Waals surface area contributed by atoms with E-state index < -0.39 is 43.2 Å². The van der Waals surface area contributed by atoms with E-state index >= 15 is 0 Å². The Labute approximate surface area is 160 Å². The van der Waals surface area contributed by atoms with Crippen molar-refractivity contribution >= 4 is 22.8 Å². The Morgan fingerprint density at radius 1 is 1.07 bits per heavy atom. The number of ether oxygens (including phenoxy) is 2. The van der Waals surface area contributed by atoms with Crippen LogP contribution in [0.2, 0.25) is 0 Å². The summed E-state index contributed by atoms with van der Waals surface area (Å²) < 4.78 is 10.9. The van der Waals surface area contributed by atoms with Gasteiger partial charge in [-0.3, -0.25) is 10.0 Å². The molecule has 2 aromatic rings. The third-order valence-corrected chi connectivity index (χ3v) is 4.47. The number of hydrogen-bond acceptors (Lipinski definition) is 8. The van der Waals surface area contributed by atoms with Gasteiger partial charge < -0.3 is 29.9 Å². The van der Waals surface area contributed by atoms with Crippen LogP contribution in [0.1, 0.15) is 5.56 Å². The first-order valence-corrected chi connectivity index (χ1v) is 8.56. The molecule has 5 atom stereocenters. The zero-order valence-electron chi connectivity index (χ0n) is 14.7. The molecule has 1 heterocycles. The van der Waals surface area contributed by atoms with Crippen molar-refractivity contribution in [1.29, 1.82) is 0 Å². The van der Waals surface area contributed by atoms with Crippen LogP contribution in [0.5, 0.6) is 5.75 Å². The fraction of sp³-hybridized carbons (Fsp3) is 0.316. The summed E-state index contributed by atoms with van der Waals surface area (Å²) in [6, 6.07) is 10.5. The number of hydrogen-bond donors (Lipinski definition) is 6. The van der Waals surface area contributed by atoms with Crippen LogP contribution in [-0.2, 0) is 9.53 Å². The van der Waals surface area contributed by atoms with Crippen LogP contribution in [-0.4, -0.2) is 68.9 Å². The van der Waals surface area contributed by atoms with E-state index in [1.54, 1.807) is 36.4 Å². The monoisotopic (exact) mass is 391 g/mol. The zero-order chi connectivity index (χ0) is 20.3. The van der Waals surface area contributed by atoms with E-state index in [1.165, 1.54) is 11.6 Å². The highest BCUT2D eigenvalue weighted by Gasteiger charge is 2.44. The van der Waals surface area contributed by atoms with Gasteiger partial charge in [-0.25, -0.2) is 5.48 Å². The summed E-state index contributed by atoms with van der Waals surface area (Å²) in [5.41, 5.74) is 2.26. The molecule has 0 radical (unpaired) electrons. The van der Waals surface area contributed by atoms with Crippen LogP contribution in [0.4, 0.5) is 0 Å². The molecule has 0 saturated carbocycles. The Kier molecular flexibility index (Phi) is 6.25. The smallest absolute Gasteiger partial charge is 0.267 e. The lowest BCUT2D eigenvalue weighted by Crippen LogP contribution is -2.60. The minimum absolute atomic E-state index is 0.361. The van der Waals surface area contributed by atoms with E-state index in [0.717, 1.165) is 16.3 Å². The minimum atomic E-state index is -1.51. The number of nitrogens with one attached hydrogen (secondary N) is 1. The summed E-state index contributed by atoms with van der Waals surface area (Å²) in [6.07, 6.45) is -4.01. The zero-order valence-corrected chi connectivity index (χ0v) is 14.7. The fourth-order valence-electron chi connectivity index (χ4n) is 2.93. The van der Waals surface area contributed by atoms with Crippen molar-refractivity contribution in [2.75, 3.05) is 6.61 Å². The van der Waals surface area contributed by atoms with Gasteiger partial charge in [0.25, 0.3) is 5.91 Å². The first-order chi connectivity index (χ1) is 13.4. The molecule has 9 nitrogen and oxygen atoms in total. The second kappa shape index (κ2) is 8.65. The number of aliphatic hydroxyl groups is 4. The quantitative estimate of drug-likeness (QED) is 0.228. The molecule has 0 aliphatic carbocycles. The molecular weight excluding hydrogens is 370 g/mol. The number of hydroxylamine groups is 1. The maximum absolute atomic E-state index is 11.1. The fourth-order valence-corrected chi connectivity index (χ4v) is 2.93. The van der Waals surface area contributed by atoms with Crippen LogP contribution in [0, 0.1) is 0 Å². The van der Waals surface area contributed by atoms with Gasteiger partial charge in [0.05, 0.1) is 6.61 Å². The lowest BCUT2D eigenvalue weighted by Gasteiger charge is -2.39. The van der Waals surface area contributed by atoms with Crippen LogP contribution in [0.3, 0.4) is 0 Å². The van der Waals surface area contributed by atoms with Crippen molar-refractivity contribution < 1.29 is 39.9 Å². The maximum Gasteiger partial charge on any atom is 0.267 e. The molecule has 150 valence electrons. The van der Waals surface area contributed by atoms with E-state index in [0.29, 0.717) is 5.75 Å². The summed E-state index contributed by atoms with van der Waals surface area (Å²) in [5, 5.41) is 49.1. The second-order valence-corrected chi connectivity index (χ2v) is 6.39. The molecule has 0 aromatic heterocycles. The molecule has 0 spiro atoms. The normalized spacial score (nSPS) is 27.8. The molecule has 1 aliphatic heterocycles. The van der Waals surface area contributed by atoms with E-state index in [-0.39, 0.29) is 0 Å². The van der Waals surface area contributed by atoms with Crippen LogP contribution < -0.4 is 10.2 Å². The highest BCUT2D eigenvalue weighted by atomic mass is 16.7. The van der Waals surface area contributed by atoms with E-state index in [4.69, 9.17) is 14.7 Å². The van der Waals surface area contributed by atoms with Crippen molar-refractivity contribution in [1.82, 2.24) is 5.48 Å². The lowest BCUT2D eigenvalue weighted by atomic mass is 9.99. The maximum atomic E-state index is 11.1. The van der Waals surface area contributed by atoms with E-state index in [2.05, 4.69) is 0 Å². The largest absolute Gasteiger partial charge is 0.462 e. The highest BCUT2D eigenvalue weighted by molar-refractivity contribution is 5.92. The number of aliphatic hydroxyl groups excluding tert-OH is 4. The van der Waals surface area contributed by atoms with Gasteiger partial charge in [0.1, 0.15) is 30.2 Å². The predicted octanol–water partition coefficient (Wildman–Crippen LogP) is -0.463. The third-order valence-electron chi connectivity index (χ3n) is 4.47. The number of rotatable bonds is 5. The van der Waals surface area contributed by atoms with Gasteiger partial charge in [0.15, 0.2) is 0 Å². The van der Waals surface area contributed by atoms with E-state index in [1.807, 2.05) is 6.07 Å². The van der Waals surface area contributed by atoms with Crippen LogP contribution >= 0.6 is 0 Å². The molecule has 2 aromatic carbocycles. The third kappa shape index (κ3) is 4.30. The Bertz CT molecular complexity index is 868. The average Bonchev–Trinajstić information content (AvgIpc) is 2.72. The molecule has 1 amide bonds. The van der Waals surface area contributed by atoms with Gasteiger partial charge in [0.2, 0.25) is 6.29 Å². The lowest BCUT2D eigenvalue weighted by molar-refractivity contribution is -0.277. The Morgan fingerprint density at radius 3 is 2.50 bits per heavy atom. The molecule has 0 bridgehead atoms. The molecule has 1 fully saturated rings. The first-order valence-electron chi connectivity index (χ1n) is 8.56. The SMILES string of the molecule is O=C(/C=C/c1ccc2cc(O[C@H]3O[C@H](CO)[C@@H](O)[C@H](O)[C@@H]3O)ccc2c1)NO. The number of fused-ring (bicyclic) bond motifs is 1. The second-order valence-electron chi connectivity index (χ2n) is 6.39. The Balaban J connectivity index is 1.77. The summed E-state index contributed by atoms with van der Waals surface area (Å²) in [5.74, 6) is -0.275. The van der Waals surface area contributed by atoms with Gasteiger partial charge in [-0.2, -0.15) is 0 Å². The predicted molar refractivity (Wildman–Crippen MR) is 97.3 cm³/mol. The molecule has 0 unspecified atom stereocenters. The number of carbonyl (C=O) groups is 1. The molecule has 9 heteroatoms. The van der Waals surface area contributed by atoms with Crippen molar-refractivity contribution in [3.05, 3.63) is 48.0 Å². The first kappa shape index (κ1) is 20.2. The Morgan fingerprint density at radius 2 is 1.79 bits per heavy atom. The van der Waals surface area contributed by atoms with Gasteiger partial charge in [0, 0.05) is 6.08 Å². The van der Waals surface area contributed by atoms with Crippen LogP contribution in [0.25, 0.3) is 16.8 Å². The molecule has 28 heavy (non-hydrogen) atoms. The van der Waals surface area contributed by atoms with Gasteiger partial charge in [-0.15, -0.1) is 0 Å². The molecule has 1 saturated heterocycles. The van der Waals surface area contributed by atoms with E-state index in [9.17, 15) is 25.2 Å². The average molecular weight is 391 g/mol. The van der Waals surface area contributed by atoms with Crippen molar-refractivity contribution in [2.45, 2.75) is 30.7 Å². The molecular formula is C19H21NO8. The highest BCUT2D eigenvalue weighted by Crippen LogP contribution is 2.27. The molecule has 6 N–H and O–H groups in total. The summed E-state index contributed by atoms with van der Waals surface area (Å²) in [7, 11) is 0. The van der Waals surface area contributed by atoms with Crippen molar-refractivity contribution in [3.8, 4) is 5.75 Å². The molecule has 1 aliphatic rings. The molecule has 3 rings (SSSR count). The topological polar surface area (TPSA) is 149 Å². The minimum Gasteiger partial charge on any atom is -0.462 e. The van der Waals surface area contributed by atoms with Crippen molar-refractivity contribution in [2.24, 2.45) is 0 Å². The van der Waals surface area contributed by atoms with Gasteiger partial charge in [-0.05, 0) is 40.6 Å². The van der Waals surface area contributed by atoms with Crippen LogP contribution in [0.15, 0.2) is 42.5 Å². The number of amides is 1. The Hall–Kier alpha value is -2.53. The van der Waals surface area contributed by atoms with Gasteiger partial charge >= 0.3 is 0 Å². The summed E-state index contributed by atoms with van der Waals surface area (Å²) in [6.45, 7) is -0.535. The van der Waals surface area contributed by atoms with Crippen molar-refractivity contribution in [3.63, 3.8) is 0 Å². The summed E-state index contributed by atoms with van der Waals surface area (Å²) >= 11 is 0. The number of benzene rings is 2.